The fraction of sp³-hybridized carbons (Fsp3) is 0.367. The zero-order valence-electron chi connectivity index (χ0n) is 24.0. The van der Waals surface area contributed by atoms with Gasteiger partial charge in [-0.15, -0.1) is 0 Å². The van der Waals surface area contributed by atoms with Gasteiger partial charge in [-0.1, -0.05) is 30.3 Å². The summed E-state index contributed by atoms with van der Waals surface area (Å²) in [5, 5.41) is 36.7. The molecule has 0 saturated heterocycles. The summed E-state index contributed by atoms with van der Waals surface area (Å²) in [6.07, 6.45) is 1.95. The zero-order chi connectivity index (χ0) is 32.2. The summed E-state index contributed by atoms with van der Waals surface area (Å²) in [4.78, 5) is 66.0. The number of carbonyl (C=O) groups excluding carboxylic acids is 3. The maximum Gasteiger partial charge on any atom is 0.326 e. The number of benzene rings is 2. The molecular weight excluding hydrogens is 572 g/mol. The molecule has 4 atom stereocenters. The number of amides is 3. The number of rotatable bonds is 17. The van der Waals surface area contributed by atoms with Crippen LogP contribution in [0.1, 0.15) is 36.8 Å². The van der Waals surface area contributed by atoms with E-state index in [4.69, 9.17) is 11.5 Å². The fourth-order valence-electron chi connectivity index (χ4n) is 4.66. The Kier molecular flexibility index (Phi) is 12.2. The highest BCUT2D eigenvalue weighted by Gasteiger charge is 2.32. The first-order valence-corrected chi connectivity index (χ1v) is 14.1. The largest absolute Gasteiger partial charge is 0.508 e. The molecule has 0 fully saturated rings. The monoisotopic (exact) mass is 610 g/mol. The van der Waals surface area contributed by atoms with Crippen LogP contribution in [0.25, 0.3) is 10.9 Å². The molecule has 2 aromatic carbocycles. The maximum absolute atomic E-state index is 13.5. The number of H-pyrrole nitrogens is 1. The predicted molar refractivity (Wildman–Crippen MR) is 160 cm³/mol. The lowest BCUT2D eigenvalue weighted by atomic mass is 10.0. The van der Waals surface area contributed by atoms with E-state index in [0.29, 0.717) is 24.9 Å². The van der Waals surface area contributed by atoms with E-state index in [1.165, 1.54) is 24.3 Å². The number of nitrogens with one attached hydrogen (secondary N) is 4. The van der Waals surface area contributed by atoms with E-state index >= 15 is 0 Å². The van der Waals surface area contributed by atoms with Crippen molar-refractivity contribution in [2.24, 2.45) is 11.5 Å². The van der Waals surface area contributed by atoms with Crippen molar-refractivity contribution >= 4 is 40.6 Å². The van der Waals surface area contributed by atoms with E-state index in [1.807, 2.05) is 24.3 Å². The number of hydrogen-bond donors (Lipinski definition) is 9. The van der Waals surface area contributed by atoms with Gasteiger partial charge in [0, 0.05) is 23.5 Å². The van der Waals surface area contributed by atoms with E-state index in [1.54, 1.807) is 6.20 Å². The van der Waals surface area contributed by atoms with Gasteiger partial charge in [0.2, 0.25) is 17.7 Å². The van der Waals surface area contributed by atoms with Crippen LogP contribution < -0.4 is 27.4 Å². The van der Waals surface area contributed by atoms with Crippen LogP contribution in [0.2, 0.25) is 0 Å². The van der Waals surface area contributed by atoms with Crippen molar-refractivity contribution in [1.82, 2.24) is 20.9 Å². The summed E-state index contributed by atoms with van der Waals surface area (Å²) >= 11 is 0. The first-order chi connectivity index (χ1) is 21.0. The number of carbonyl (C=O) groups is 5. The molecule has 1 heterocycles. The molecule has 4 unspecified atom stereocenters. The predicted octanol–water partition coefficient (Wildman–Crippen LogP) is 0.129. The number of carboxylic acid groups (broad SMARTS) is 2. The average Bonchev–Trinajstić information content (AvgIpc) is 3.39. The van der Waals surface area contributed by atoms with E-state index in [-0.39, 0.29) is 25.0 Å². The molecule has 14 nitrogen and oxygen atoms in total. The van der Waals surface area contributed by atoms with Gasteiger partial charge < -0.3 is 47.7 Å². The number of para-hydroxylation sites is 1. The lowest BCUT2D eigenvalue weighted by Gasteiger charge is -2.25. The molecule has 1 aromatic heterocycles. The van der Waals surface area contributed by atoms with Crippen molar-refractivity contribution < 1.29 is 39.3 Å². The Morgan fingerprint density at radius 2 is 1.43 bits per heavy atom. The maximum atomic E-state index is 13.5. The second kappa shape index (κ2) is 16.0. The smallest absolute Gasteiger partial charge is 0.326 e. The van der Waals surface area contributed by atoms with Gasteiger partial charge in [0.05, 0.1) is 12.5 Å². The van der Waals surface area contributed by atoms with E-state index in [0.717, 1.165) is 16.5 Å². The second-order valence-corrected chi connectivity index (χ2v) is 10.4. The number of aromatic hydroxyl groups is 1. The van der Waals surface area contributed by atoms with Crippen LogP contribution in [0.15, 0.2) is 54.7 Å². The third-order valence-electron chi connectivity index (χ3n) is 7.03. The third-order valence-corrected chi connectivity index (χ3v) is 7.03. The molecule has 0 spiro atoms. The molecular formula is C30H38N6O8. The Labute approximate surface area is 253 Å². The van der Waals surface area contributed by atoms with Crippen LogP contribution >= 0.6 is 0 Å². The Morgan fingerprint density at radius 3 is 2.09 bits per heavy atom. The number of unbranched alkanes of at least 4 members (excludes halogenated alkanes) is 1. The first-order valence-electron chi connectivity index (χ1n) is 14.1. The first kappa shape index (κ1) is 33.6. The zero-order valence-corrected chi connectivity index (χ0v) is 24.0. The van der Waals surface area contributed by atoms with Crippen LogP contribution in [0.5, 0.6) is 5.75 Å². The van der Waals surface area contributed by atoms with Crippen molar-refractivity contribution in [2.75, 3.05) is 6.54 Å². The summed E-state index contributed by atoms with van der Waals surface area (Å²) in [6.45, 7) is 0.331. The van der Waals surface area contributed by atoms with Crippen molar-refractivity contribution in [3.05, 3.63) is 65.9 Å². The summed E-state index contributed by atoms with van der Waals surface area (Å²) in [7, 11) is 0. The van der Waals surface area contributed by atoms with Gasteiger partial charge in [0.25, 0.3) is 0 Å². The van der Waals surface area contributed by atoms with Gasteiger partial charge in [0.1, 0.15) is 23.9 Å². The number of nitrogens with two attached hydrogens (primary N) is 2. The average molecular weight is 611 g/mol. The molecule has 0 saturated carbocycles. The highest BCUT2D eigenvalue weighted by molar-refractivity contribution is 5.96. The minimum Gasteiger partial charge on any atom is -0.508 e. The number of aliphatic carboxylic acids is 2. The van der Waals surface area contributed by atoms with Crippen LogP contribution in [-0.2, 0) is 36.8 Å². The number of carboxylic acids is 2. The molecule has 3 aromatic rings. The molecule has 11 N–H and O–H groups in total. The number of hydrogen-bond acceptors (Lipinski definition) is 8. The second-order valence-electron chi connectivity index (χ2n) is 10.4. The molecule has 0 radical (unpaired) electrons. The minimum absolute atomic E-state index is 0.0165. The molecule has 0 aliphatic heterocycles. The van der Waals surface area contributed by atoms with Crippen LogP contribution in [0.4, 0.5) is 0 Å². The van der Waals surface area contributed by atoms with Gasteiger partial charge in [-0.05, 0) is 61.6 Å². The summed E-state index contributed by atoms with van der Waals surface area (Å²) in [5.41, 5.74) is 13.9. The fourth-order valence-corrected chi connectivity index (χ4v) is 4.66. The van der Waals surface area contributed by atoms with Gasteiger partial charge in [-0.2, -0.15) is 0 Å². The molecule has 0 aliphatic carbocycles. The van der Waals surface area contributed by atoms with Crippen LogP contribution in [0.3, 0.4) is 0 Å². The molecule has 3 rings (SSSR count). The van der Waals surface area contributed by atoms with Crippen molar-refractivity contribution in [3.63, 3.8) is 0 Å². The topological polar surface area (TPSA) is 250 Å². The summed E-state index contributed by atoms with van der Waals surface area (Å²) < 4.78 is 0. The van der Waals surface area contributed by atoms with E-state index in [2.05, 4.69) is 20.9 Å². The Bertz CT molecular complexity index is 1460. The number of aromatic nitrogens is 1. The van der Waals surface area contributed by atoms with Gasteiger partial charge in [-0.3, -0.25) is 19.2 Å². The van der Waals surface area contributed by atoms with Crippen molar-refractivity contribution in [1.29, 1.82) is 0 Å². The van der Waals surface area contributed by atoms with Gasteiger partial charge in [-0.25, -0.2) is 4.79 Å². The van der Waals surface area contributed by atoms with Crippen molar-refractivity contribution in [3.8, 4) is 5.75 Å². The Hall–Kier alpha value is -4.95. The highest BCUT2D eigenvalue weighted by Crippen LogP contribution is 2.19. The summed E-state index contributed by atoms with van der Waals surface area (Å²) in [5.74, 6) is -5.32. The SMILES string of the molecule is NCCCCC(NC(=O)C(CC(=O)O)NC(=O)C(Cc1ccc(O)cc1)NC(=O)C(N)Cc1c[nH]c2ccccc12)C(=O)O. The number of aromatic amines is 1. The third kappa shape index (κ3) is 9.81. The lowest BCUT2D eigenvalue weighted by molar-refractivity contribution is -0.143. The van der Waals surface area contributed by atoms with E-state index in [9.17, 15) is 39.3 Å². The molecule has 236 valence electrons. The Balaban J connectivity index is 1.78. The number of fused-ring (bicyclic) bond motifs is 1. The molecule has 0 bridgehead atoms. The highest BCUT2D eigenvalue weighted by atomic mass is 16.4. The lowest BCUT2D eigenvalue weighted by Crippen LogP contribution is -2.58. The van der Waals surface area contributed by atoms with Crippen molar-refractivity contribution in [2.45, 2.75) is 62.7 Å². The molecule has 44 heavy (non-hydrogen) atoms. The van der Waals surface area contributed by atoms with Crippen LogP contribution in [0, 0.1) is 0 Å². The van der Waals surface area contributed by atoms with E-state index < -0.39 is 60.2 Å². The standard InChI is InChI=1S/C30H38N6O8/c31-12-4-3-7-23(30(43)44)34-29(42)25(15-26(38)39)36-28(41)24(13-17-8-10-19(37)11-9-17)35-27(40)21(32)14-18-16-33-22-6-2-1-5-20(18)22/h1-2,5-6,8-11,16,21,23-25,33,37H,3-4,7,12-15,31-32H2,(H,34,42)(H,35,40)(H,36,41)(H,38,39)(H,43,44). The normalized spacial score (nSPS) is 13.8. The molecule has 0 aliphatic rings. The van der Waals surface area contributed by atoms with Gasteiger partial charge in [0.15, 0.2) is 0 Å². The number of phenolic OH excluding ortho intramolecular Hbond substituents is 1. The molecule has 3 amide bonds. The van der Waals surface area contributed by atoms with Gasteiger partial charge >= 0.3 is 11.9 Å². The summed E-state index contributed by atoms with van der Waals surface area (Å²) in [6, 6.07) is 8.01. The minimum atomic E-state index is -1.64. The quantitative estimate of drug-likeness (QED) is 0.0934. The number of phenols is 1. The van der Waals surface area contributed by atoms with Crippen LogP contribution in [-0.4, -0.2) is 80.7 Å². The Morgan fingerprint density at radius 1 is 0.795 bits per heavy atom. The molecule has 14 heteroatoms.